The molecule has 0 saturated carbocycles. The van der Waals surface area contributed by atoms with E-state index in [0.29, 0.717) is 13.0 Å². The molecule has 25 heavy (non-hydrogen) atoms. The second kappa shape index (κ2) is 7.86. The summed E-state index contributed by atoms with van der Waals surface area (Å²) in [5, 5.41) is -0.106. The van der Waals surface area contributed by atoms with E-state index in [0.717, 1.165) is 0 Å². The van der Waals surface area contributed by atoms with Gasteiger partial charge in [-0.15, -0.1) is 0 Å². The molecule has 2 rings (SSSR count). The average Bonchev–Trinajstić information content (AvgIpc) is 2.52. The fourth-order valence-corrected chi connectivity index (χ4v) is 3.76. The number of aromatic nitrogens is 1. The Hall–Kier alpha value is -1.42. The van der Waals surface area contributed by atoms with E-state index < -0.39 is 21.7 Å². The monoisotopic (exact) mass is 391 g/mol. The van der Waals surface area contributed by atoms with Crippen LogP contribution >= 0.6 is 11.6 Å². The summed E-state index contributed by atoms with van der Waals surface area (Å²) in [5.74, 6) is 0. The van der Waals surface area contributed by atoms with Gasteiger partial charge in [0.15, 0.2) is 0 Å². The lowest BCUT2D eigenvalue weighted by Gasteiger charge is -2.36. The molecule has 0 spiro atoms. The summed E-state index contributed by atoms with van der Waals surface area (Å²) < 4.78 is 37.9. The summed E-state index contributed by atoms with van der Waals surface area (Å²) in [6.45, 7) is 5.79. The van der Waals surface area contributed by atoms with Crippen LogP contribution in [0.3, 0.4) is 0 Å². The molecule has 1 aromatic heterocycles. The average molecular weight is 392 g/mol. The first-order chi connectivity index (χ1) is 11.6. The van der Waals surface area contributed by atoms with E-state index in [4.69, 9.17) is 21.1 Å². The molecule has 0 radical (unpaired) electrons. The number of nitrogens with one attached hydrogen (secondary N) is 1. The van der Waals surface area contributed by atoms with Crippen LogP contribution in [0.15, 0.2) is 23.2 Å². The van der Waals surface area contributed by atoms with Crippen LogP contribution < -0.4 is 4.72 Å². The van der Waals surface area contributed by atoms with Crippen LogP contribution in [-0.4, -0.2) is 55.9 Å². The molecule has 1 aliphatic heterocycles. The highest BCUT2D eigenvalue weighted by Crippen LogP contribution is 2.19. The van der Waals surface area contributed by atoms with Crippen LogP contribution in [0.2, 0.25) is 5.15 Å². The Morgan fingerprint density at radius 2 is 2.24 bits per heavy atom. The molecule has 1 saturated heterocycles. The molecule has 1 atom stereocenters. The number of hydrogen-bond donors (Lipinski definition) is 1. The smallest absolute Gasteiger partial charge is 0.412 e. The fraction of sp³-hybridized carbons (Fsp3) is 0.600. The van der Waals surface area contributed by atoms with Gasteiger partial charge >= 0.3 is 6.09 Å². The molecule has 1 N–H and O–H groups in total. The SMILES string of the molecule is CC(C)(C)OC(=O)N1COCCC1CNS(=O)(=O)c1cccnc1Cl. The molecule has 1 aliphatic rings. The van der Waals surface area contributed by atoms with Crippen molar-refractivity contribution in [3.8, 4) is 0 Å². The lowest BCUT2D eigenvalue weighted by molar-refractivity contribution is -0.0582. The minimum atomic E-state index is -3.84. The number of pyridine rings is 1. The number of halogens is 1. The van der Waals surface area contributed by atoms with Crippen LogP contribution in [-0.2, 0) is 19.5 Å². The molecule has 1 unspecified atom stereocenters. The first kappa shape index (κ1) is 19.9. The highest BCUT2D eigenvalue weighted by atomic mass is 35.5. The summed E-state index contributed by atoms with van der Waals surface area (Å²) in [5.41, 5.74) is -0.651. The van der Waals surface area contributed by atoms with Gasteiger partial charge in [-0.2, -0.15) is 0 Å². The number of sulfonamides is 1. The highest BCUT2D eigenvalue weighted by molar-refractivity contribution is 7.89. The van der Waals surface area contributed by atoms with Crippen molar-refractivity contribution in [3.05, 3.63) is 23.5 Å². The van der Waals surface area contributed by atoms with Gasteiger partial charge in [0, 0.05) is 12.7 Å². The van der Waals surface area contributed by atoms with Crippen molar-refractivity contribution in [2.24, 2.45) is 0 Å². The standard InChI is InChI=1S/C15H22ClN3O5S/c1-15(2,3)24-14(20)19-10-23-8-6-11(19)9-18-25(21,22)12-5-4-7-17-13(12)16/h4-5,7,11,18H,6,8-10H2,1-3H3. The summed E-state index contributed by atoms with van der Waals surface area (Å²) in [4.78, 5) is 17.3. The van der Waals surface area contributed by atoms with E-state index in [1.165, 1.54) is 23.2 Å². The highest BCUT2D eigenvalue weighted by Gasteiger charge is 2.32. The Morgan fingerprint density at radius 1 is 1.52 bits per heavy atom. The Balaban J connectivity index is 2.07. The van der Waals surface area contributed by atoms with Crippen LogP contribution in [0.5, 0.6) is 0 Å². The van der Waals surface area contributed by atoms with Crippen molar-refractivity contribution in [1.82, 2.24) is 14.6 Å². The second-order valence-corrected chi connectivity index (χ2v) is 8.67. The molecule has 2 heterocycles. The number of rotatable bonds is 4. The number of carbonyl (C=O) groups is 1. The van der Waals surface area contributed by atoms with Crippen molar-refractivity contribution >= 4 is 27.7 Å². The Bertz CT molecular complexity index is 720. The predicted octanol–water partition coefficient (Wildman–Crippen LogP) is 2.00. The molecule has 140 valence electrons. The van der Waals surface area contributed by atoms with Crippen molar-refractivity contribution in [2.45, 2.75) is 43.7 Å². The van der Waals surface area contributed by atoms with E-state index >= 15 is 0 Å². The molecule has 10 heteroatoms. The summed E-state index contributed by atoms with van der Waals surface area (Å²) in [6.07, 6.45) is 1.35. The summed E-state index contributed by atoms with van der Waals surface area (Å²) in [7, 11) is -3.84. The molecule has 1 amide bonds. The lowest BCUT2D eigenvalue weighted by Crippen LogP contribution is -2.52. The molecule has 1 fully saturated rings. The van der Waals surface area contributed by atoms with Gasteiger partial charge in [-0.25, -0.2) is 22.9 Å². The van der Waals surface area contributed by atoms with Gasteiger partial charge < -0.3 is 9.47 Å². The van der Waals surface area contributed by atoms with Crippen molar-refractivity contribution in [3.63, 3.8) is 0 Å². The molecular formula is C15H22ClN3O5S. The van der Waals surface area contributed by atoms with E-state index in [2.05, 4.69) is 9.71 Å². The lowest BCUT2D eigenvalue weighted by atomic mass is 10.1. The topological polar surface area (TPSA) is 97.8 Å². The van der Waals surface area contributed by atoms with Crippen molar-refractivity contribution in [1.29, 1.82) is 0 Å². The number of carbonyl (C=O) groups excluding carboxylic acids is 1. The molecule has 0 aliphatic carbocycles. The fourth-order valence-electron chi connectivity index (χ4n) is 2.23. The van der Waals surface area contributed by atoms with Gasteiger partial charge in [0.25, 0.3) is 0 Å². The van der Waals surface area contributed by atoms with Crippen LogP contribution in [0.4, 0.5) is 4.79 Å². The normalized spacial score (nSPS) is 18.9. The first-order valence-electron chi connectivity index (χ1n) is 7.78. The molecule has 1 aromatic rings. The molecule has 0 bridgehead atoms. The predicted molar refractivity (Wildman–Crippen MR) is 91.7 cm³/mol. The molecule has 0 aromatic carbocycles. The van der Waals surface area contributed by atoms with Gasteiger partial charge in [0.2, 0.25) is 10.0 Å². The Labute approximate surface area is 152 Å². The van der Waals surface area contributed by atoms with Gasteiger partial charge in [-0.1, -0.05) is 11.6 Å². The Morgan fingerprint density at radius 3 is 2.88 bits per heavy atom. The number of amides is 1. The van der Waals surface area contributed by atoms with Crippen molar-refractivity contribution in [2.75, 3.05) is 19.9 Å². The quantitative estimate of drug-likeness (QED) is 0.788. The maximum atomic E-state index is 12.4. The molecular weight excluding hydrogens is 370 g/mol. The van der Waals surface area contributed by atoms with Crippen LogP contribution in [0.1, 0.15) is 27.2 Å². The zero-order valence-corrected chi connectivity index (χ0v) is 15.9. The zero-order chi connectivity index (χ0) is 18.7. The summed E-state index contributed by atoms with van der Waals surface area (Å²) in [6, 6.07) is 2.48. The minimum absolute atomic E-state index is 0.0240. The van der Waals surface area contributed by atoms with E-state index in [-0.39, 0.29) is 29.4 Å². The third kappa shape index (κ3) is 5.53. The van der Waals surface area contributed by atoms with Crippen LogP contribution in [0.25, 0.3) is 0 Å². The first-order valence-corrected chi connectivity index (χ1v) is 9.64. The maximum Gasteiger partial charge on any atom is 0.412 e. The largest absolute Gasteiger partial charge is 0.444 e. The van der Waals surface area contributed by atoms with Gasteiger partial charge in [0.1, 0.15) is 22.4 Å². The third-order valence-corrected chi connectivity index (χ3v) is 5.29. The van der Waals surface area contributed by atoms with E-state index in [9.17, 15) is 13.2 Å². The van der Waals surface area contributed by atoms with Gasteiger partial charge in [-0.05, 0) is 39.3 Å². The number of nitrogens with zero attached hydrogens (tertiary/aromatic N) is 2. The maximum absolute atomic E-state index is 12.4. The number of ether oxygens (including phenoxy) is 2. The van der Waals surface area contributed by atoms with Crippen LogP contribution in [0, 0.1) is 0 Å². The minimum Gasteiger partial charge on any atom is -0.444 e. The van der Waals surface area contributed by atoms with Gasteiger partial charge in [-0.3, -0.25) is 4.90 Å². The van der Waals surface area contributed by atoms with E-state index in [1.807, 2.05) is 0 Å². The number of hydrogen-bond acceptors (Lipinski definition) is 6. The Kier molecular flexibility index (Phi) is 6.26. The zero-order valence-electron chi connectivity index (χ0n) is 14.4. The van der Waals surface area contributed by atoms with E-state index in [1.54, 1.807) is 20.8 Å². The molecule has 8 nitrogen and oxygen atoms in total. The van der Waals surface area contributed by atoms with Crippen molar-refractivity contribution < 1.29 is 22.7 Å². The summed E-state index contributed by atoms with van der Waals surface area (Å²) >= 11 is 5.85. The van der Waals surface area contributed by atoms with Gasteiger partial charge in [0.05, 0.1) is 12.6 Å². The second-order valence-electron chi connectivity index (χ2n) is 6.57. The third-order valence-electron chi connectivity index (χ3n) is 3.42.